The Bertz CT molecular complexity index is 352. The van der Waals surface area contributed by atoms with Crippen LogP contribution in [0.3, 0.4) is 0 Å². The van der Waals surface area contributed by atoms with E-state index in [0.717, 1.165) is 12.3 Å². The van der Waals surface area contributed by atoms with Crippen molar-refractivity contribution in [3.8, 4) is 5.75 Å². The zero-order valence-corrected chi connectivity index (χ0v) is 11.1. The molecule has 0 spiro atoms. The summed E-state index contributed by atoms with van der Waals surface area (Å²) in [5, 5.41) is 3.36. The van der Waals surface area contributed by atoms with Crippen molar-refractivity contribution in [2.75, 3.05) is 13.2 Å². The largest absolute Gasteiger partial charge is 0.493 e. The first kappa shape index (κ1) is 14.0. The molecular formula is C14H22FNO. The van der Waals surface area contributed by atoms with E-state index in [-0.39, 0.29) is 5.82 Å². The van der Waals surface area contributed by atoms with Crippen LogP contribution in [0.5, 0.6) is 5.75 Å². The SMILES string of the molecule is Cc1cc(OCC(C)CNC(C)C)ccc1F. The second-order valence-corrected chi connectivity index (χ2v) is 4.89. The second kappa shape index (κ2) is 6.60. The molecule has 0 amide bonds. The number of nitrogens with one attached hydrogen (secondary N) is 1. The van der Waals surface area contributed by atoms with E-state index in [0.29, 0.717) is 24.1 Å². The lowest BCUT2D eigenvalue weighted by Gasteiger charge is -2.16. The first-order chi connectivity index (χ1) is 7.99. The van der Waals surface area contributed by atoms with Gasteiger partial charge in [0.1, 0.15) is 11.6 Å². The molecule has 0 bridgehead atoms. The van der Waals surface area contributed by atoms with Gasteiger partial charge in [-0.15, -0.1) is 0 Å². The molecule has 17 heavy (non-hydrogen) atoms. The van der Waals surface area contributed by atoms with Crippen molar-refractivity contribution in [3.63, 3.8) is 0 Å². The molecule has 96 valence electrons. The topological polar surface area (TPSA) is 21.3 Å². The van der Waals surface area contributed by atoms with Gasteiger partial charge in [-0.2, -0.15) is 0 Å². The number of hydrogen-bond acceptors (Lipinski definition) is 2. The maximum Gasteiger partial charge on any atom is 0.126 e. The summed E-state index contributed by atoms with van der Waals surface area (Å²) in [4.78, 5) is 0. The van der Waals surface area contributed by atoms with E-state index in [9.17, 15) is 4.39 Å². The van der Waals surface area contributed by atoms with E-state index < -0.39 is 0 Å². The molecule has 0 aromatic heterocycles. The smallest absolute Gasteiger partial charge is 0.126 e. The lowest BCUT2D eigenvalue weighted by atomic mass is 10.2. The molecule has 1 rings (SSSR count). The molecule has 3 heteroatoms. The van der Waals surface area contributed by atoms with Gasteiger partial charge in [0.05, 0.1) is 6.61 Å². The number of rotatable bonds is 6. The highest BCUT2D eigenvalue weighted by Gasteiger charge is 2.05. The number of ether oxygens (including phenoxy) is 1. The summed E-state index contributed by atoms with van der Waals surface area (Å²) in [5.74, 6) is 0.981. The van der Waals surface area contributed by atoms with Crippen LogP contribution in [0.25, 0.3) is 0 Å². The van der Waals surface area contributed by atoms with Crippen molar-refractivity contribution >= 4 is 0 Å². The summed E-state index contributed by atoms with van der Waals surface area (Å²) in [5.41, 5.74) is 0.621. The summed E-state index contributed by atoms with van der Waals surface area (Å²) < 4.78 is 18.7. The van der Waals surface area contributed by atoms with Crippen molar-refractivity contribution in [3.05, 3.63) is 29.6 Å². The summed E-state index contributed by atoms with van der Waals surface area (Å²) in [7, 11) is 0. The lowest BCUT2D eigenvalue weighted by Crippen LogP contribution is -2.30. The minimum atomic E-state index is -0.188. The number of halogens is 1. The maximum atomic E-state index is 13.0. The van der Waals surface area contributed by atoms with Gasteiger partial charge in [0.25, 0.3) is 0 Å². The van der Waals surface area contributed by atoms with Crippen LogP contribution < -0.4 is 10.1 Å². The van der Waals surface area contributed by atoms with Crippen molar-refractivity contribution < 1.29 is 9.13 Å². The van der Waals surface area contributed by atoms with Gasteiger partial charge < -0.3 is 10.1 Å². The minimum absolute atomic E-state index is 0.188. The summed E-state index contributed by atoms with van der Waals surface area (Å²) in [6.07, 6.45) is 0. The molecule has 0 fully saturated rings. The average Bonchev–Trinajstić information content (AvgIpc) is 2.28. The molecule has 0 saturated heterocycles. The normalized spacial score (nSPS) is 12.8. The van der Waals surface area contributed by atoms with Gasteiger partial charge in [0.15, 0.2) is 0 Å². The van der Waals surface area contributed by atoms with Crippen LogP contribution in [0.15, 0.2) is 18.2 Å². The number of hydrogen-bond donors (Lipinski definition) is 1. The fraction of sp³-hybridized carbons (Fsp3) is 0.571. The van der Waals surface area contributed by atoms with E-state index in [1.807, 2.05) is 0 Å². The average molecular weight is 239 g/mol. The van der Waals surface area contributed by atoms with Gasteiger partial charge in [-0.3, -0.25) is 0 Å². The third-order valence-corrected chi connectivity index (χ3v) is 2.54. The highest BCUT2D eigenvalue weighted by molar-refractivity contribution is 5.28. The third-order valence-electron chi connectivity index (χ3n) is 2.54. The molecule has 0 saturated carbocycles. The zero-order chi connectivity index (χ0) is 12.8. The Hall–Kier alpha value is -1.09. The molecule has 1 N–H and O–H groups in total. The Morgan fingerprint density at radius 1 is 1.29 bits per heavy atom. The van der Waals surface area contributed by atoms with Crippen LogP contribution in [-0.4, -0.2) is 19.2 Å². The van der Waals surface area contributed by atoms with E-state index in [2.05, 4.69) is 26.1 Å². The molecule has 2 nitrogen and oxygen atoms in total. The number of benzene rings is 1. The van der Waals surface area contributed by atoms with Gasteiger partial charge in [0, 0.05) is 18.5 Å². The van der Waals surface area contributed by atoms with E-state index in [4.69, 9.17) is 4.74 Å². The molecule has 1 aromatic carbocycles. The van der Waals surface area contributed by atoms with Crippen molar-refractivity contribution in [2.45, 2.75) is 33.7 Å². The molecule has 0 aliphatic carbocycles. The summed E-state index contributed by atoms with van der Waals surface area (Å²) in [6, 6.07) is 5.34. The Kier molecular flexibility index (Phi) is 5.42. The van der Waals surface area contributed by atoms with Crippen molar-refractivity contribution in [1.82, 2.24) is 5.32 Å². The Morgan fingerprint density at radius 2 is 2.00 bits per heavy atom. The first-order valence-electron chi connectivity index (χ1n) is 6.11. The standard InChI is InChI=1S/C14H22FNO/c1-10(2)16-8-11(3)9-17-13-5-6-14(15)12(4)7-13/h5-7,10-11,16H,8-9H2,1-4H3. The number of aryl methyl sites for hydroxylation is 1. The summed E-state index contributed by atoms with van der Waals surface area (Å²) in [6.45, 7) is 9.69. The van der Waals surface area contributed by atoms with E-state index in [1.165, 1.54) is 6.07 Å². The van der Waals surface area contributed by atoms with Gasteiger partial charge in [-0.1, -0.05) is 20.8 Å². The molecule has 0 heterocycles. The fourth-order valence-electron chi connectivity index (χ4n) is 1.44. The molecular weight excluding hydrogens is 217 g/mol. The lowest BCUT2D eigenvalue weighted by molar-refractivity contribution is 0.252. The molecule has 0 aliphatic heterocycles. The fourth-order valence-corrected chi connectivity index (χ4v) is 1.44. The summed E-state index contributed by atoms with van der Waals surface area (Å²) >= 11 is 0. The van der Waals surface area contributed by atoms with Crippen LogP contribution in [0.2, 0.25) is 0 Å². The minimum Gasteiger partial charge on any atom is -0.493 e. The van der Waals surface area contributed by atoms with Crippen LogP contribution in [0.4, 0.5) is 4.39 Å². The zero-order valence-electron chi connectivity index (χ0n) is 11.1. The predicted molar refractivity (Wildman–Crippen MR) is 68.9 cm³/mol. The Balaban J connectivity index is 2.36. The van der Waals surface area contributed by atoms with Crippen molar-refractivity contribution in [2.24, 2.45) is 5.92 Å². The van der Waals surface area contributed by atoms with Crippen LogP contribution in [0, 0.1) is 18.7 Å². The Labute approximate surface area is 103 Å². The second-order valence-electron chi connectivity index (χ2n) is 4.89. The van der Waals surface area contributed by atoms with Gasteiger partial charge in [-0.25, -0.2) is 4.39 Å². The van der Waals surface area contributed by atoms with E-state index >= 15 is 0 Å². The monoisotopic (exact) mass is 239 g/mol. The molecule has 1 atom stereocenters. The highest BCUT2D eigenvalue weighted by Crippen LogP contribution is 2.16. The quantitative estimate of drug-likeness (QED) is 0.823. The molecule has 1 unspecified atom stereocenters. The van der Waals surface area contributed by atoms with Crippen LogP contribution >= 0.6 is 0 Å². The molecule has 1 aromatic rings. The van der Waals surface area contributed by atoms with Gasteiger partial charge in [0.2, 0.25) is 0 Å². The Morgan fingerprint density at radius 3 is 2.59 bits per heavy atom. The van der Waals surface area contributed by atoms with Gasteiger partial charge >= 0.3 is 0 Å². The maximum absolute atomic E-state index is 13.0. The van der Waals surface area contributed by atoms with Crippen LogP contribution in [-0.2, 0) is 0 Å². The predicted octanol–water partition coefficient (Wildman–Crippen LogP) is 3.15. The van der Waals surface area contributed by atoms with Crippen molar-refractivity contribution in [1.29, 1.82) is 0 Å². The first-order valence-corrected chi connectivity index (χ1v) is 6.11. The third kappa shape index (κ3) is 5.18. The molecule has 0 aliphatic rings. The van der Waals surface area contributed by atoms with Gasteiger partial charge in [-0.05, 0) is 30.7 Å². The van der Waals surface area contributed by atoms with Crippen LogP contribution in [0.1, 0.15) is 26.3 Å². The molecule has 0 radical (unpaired) electrons. The highest BCUT2D eigenvalue weighted by atomic mass is 19.1. The van der Waals surface area contributed by atoms with E-state index in [1.54, 1.807) is 19.1 Å².